The lowest BCUT2D eigenvalue weighted by atomic mass is 10.1. The van der Waals surface area contributed by atoms with Crippen molar-refractivity contribution in [3.63, 3.8) is 0 Å². The summed E-state index contributed by atoms with van der Waals surface area (Å²) in [7, 11) is 0. The fourth-order valence-electron chi connectivity index (χ4n) is 2.50. The van der Waals surface area contributed by atoms with Gasteiger partial charge in [-0.05, 0) is 12.5 Å². The summed E-state index contributed by atoms with van der Waals surface area (Å²) in [6.07, 6.45) is 0. The Labute approximate surface area is 168 Å². The fourth-order valence-corrected chi connectivity index (χ4v) is 3.92. The first kappa shape index (κ1) is 19.6. The minimum absolute atomic E-state index is 0.0847. The molecule has 0 bridgehead atoms. The Morgan fingerprint density at radius 3 is 2.50 bits per heavy atom. The largest absolute Gasteiger partial charge is 0.350 e. The van der Waals surface area contributed by atoms with Crippen molar-refractivity contribution in [2.24, 2.45) is 0 Å². The van der Waals surface area contributed by atoms with Crippen LogP contribution >= 0.6 is 22.7 Å². The number of benzene rings is 1. The Bertz CT molecular complexity index is 1030. The van der Waals surface area contributed by atoms with E-state index in [1.165, 1.54) is 29.7 Å². The van der Waals surface area contributed by atoms with Gasteiger partial charge in [0.25, 0.3) is 5.91 Å². The first-order chi connectivity index (χ1) is 13.3. The van der Waals surface area contributed by atoms with Crippen LogP contribution in [0.5, 0.6) is 0 Å². The van der Waals surface area contributed by atoms with Crippen LogP contribution < -0.4 is 10.6 Å². The highest BCUT2D eigenvalue weighted by atomic mass is 32.1. The van der Waals surface area contributed by atoms with E-state index in [0.717, 1.165) is 22.5 Å². The third kappa shape index (κ3) is 4.59. The van der Waals surface area contributed by atoms with Crippen LogP contribution in [0.3, 0.4) is 0 Å². The molecule has 2 amide bonds. The zero-order valence-electron chi connectivity index (χ0n) is 15.0. The van der Waals surface area contributed by atoms with Gasteiger partial charge in [0.15, 0.2) is 5.13 Å². The van der Waals surface area contributed by atoms with Gasteiger partial charge < -0.3 is 5.32 Å². The second kappa shape index (κ2) is 8.28. The molecule has 3 rings (SSSR count). The molecule has 8 nitrogen and oxygen atoms in total. The summed E-state index contributed by atoms with van der Waals surface area (Å²) < 4.78 is 0. The van der Waals surface area contributed by atoms with Crippen LogP contribution in [0.2, 0.25) is 0 Å². The van der Waals surface area contributed by atoms with Gasteiger partial charge in [-0.15, -0.1) is 11.3 Å². The zero-order valence-corrected chi connectivity index (χ0v) is 16.6. The minimum atomic E-state index is -0.528. The van der Waals surface area contributed by atoms with Gasteiger partial charge >= 0.3 is 5.00 Å². The van der Waals surface area contributed by atoms with Gasteiger partial charge in [-0.3, -0.25) is 25.0 Å². The lowest BCUT2D eigenvalue weighted by Crippen LogP contribution is -2.23. The smallest absolute Gasteiger partial charge is 0.324 e. The van der Waals surface area contributed by atoms with Crippen molar-refractivity contribution in [2.75, 3.05) is 5.32 Å². The Hall–Kier alpha value is -3.11. The second-order valence-electron chi connectivity index (χ2n) is 5.97. The molecular formula is C18H16N4O4S2. The molecule has 0 radical (unpaired) electrons. The second-order valence-corrected chi connectivity index (χ2v) is 7.71. The number of carbonyl (C=O) groups is 2. The lowest BCUT2D eigenvalue weighted by molar-refractivity contribution is -0.380. The summed E-state index contributed by atoms with van der Waals surface area (Å²) in [5.74, 6) is -0.530. The topological polar surface area (TPSA) is 114 Å². The van der Waals surface area contributed by atoms with Crippen molar-refractivity contribution in [2.45, 2.75) is 19.9 Å². The summed E-state index contributed by atoms with van der Waals surface area (Å²) in [5, 5.41) is 19.8. The maximum Gasteiger partial charge on any atom is 0.324 e. The fraction of sp³-hybridized carbons (Fsp3) is 0.167. The number of thiophene rings is 1. The van der Waals surface area contributed by atoms with Gasteiger partial charge in [-0.2, -0.15) is 0 Å². The van der Waals surface area contributed by atoms with Crippen molar-refractivity contribution in [3.05, 3.63) is 62.3 Å². The molecule has 2 aromatic heterocycles. The minimum Gasteiger partial charge on any atom is -0.350 e. The zero-order chi connectivity index (χ0) is 20.3. The molecular weight excluding hydrogens is 400 g/mol. The van der Waals surface area contributed by atoms with Crippen LogP contribution in [0.4, 0.5) is 10.1 Å². The highest BCUT2D eigenvalue weighted by Crippen LogP contribution is 2.28. The Balaban J connectivity index is 1.68. The van der Waals surface area contributed by atoms with E-state index < -0.39 is 10.8 Å². The van der Waals surface area contributed by atoms with Crippen LogP contribution in [0.15, 0.2) is 41.1 Å². The third-order valence-corrected chi connectivity index (χ3v) is 5.52. The molecule has 2 N–H and O–H groups in total. The lowest BCUT2D eigenvalue weighted by Gasteiger charge is -2.12. The van der Waals surface area contributed by atoms with Crippen molar-refractivity contribution in [3.8, 4) is 11.3 Å². The number of nitrogens with one attached hydrogen (secondary N) is 2. The Morgan fingerprint density at radius 1 is 1.18 bits per heavy atom. The summed E-state index contributed by atoms with van der Waals surface area (Å²) in [6, 6.07) is 8.78. The molecule has 0 aliphatic rings. The molecule has 0 aliphatic heterocycles. The van der Waals surface area contributed by atoms with E-state index >= 15 is 0 Å². The van der Waals surface area contributed by atoms with Crippen molar-refractivity contribution >= 4 is 44.6 Å². The number of hydrogen-bond donors (Lipinski definition) is 2. The predicted octanol–water partition coefficient (Wildman–Crippen LogP) is 4.23. The number of hydrogen-bond acceptors (Lipinski definition) is 7. The summed E-state index contributed by atoms with van der Waals surface area (Å²) in [5.41, 5.74) is 2.78. The maximum absolute atomic E-state index is 12.2. The highest BCUT2D eigenvalue weighted by Gasteiger charge is 2.16. The first-order valence-corrected chi connectivity index (χ1v) is 9.96. The van der Waals surface area contributed by atoms with Gasteiger partial charge in [-0.25, -0.2) is 4.98 Å². The third-order valence-electron chi connectivity index (χ3n) is 3.88. The number of nitro groups is 1. The van der Waals surface area contributed by atoms with Crippen LogP contribution in [-0.2, 0) is 4.79 Å². The average molecular weight is 416 g/mol. The number of amides is 2. The van der Waals surface area contributed by atoms with E-state index in [1.807, 2.05) is 36.6 Å². The normalized spacial score (nSPS) is 11.6. The number of anilines is 1. The molecule has 0 aliphatic carbocycles. The standard InChI is InChI=1S/C18H16N4O4S2/c1-10(19-11(2)23)12-3-5-13(6-4-12)15-9-28-18(20-15)21-17(24)14-7-16(22(25)26)27-8-14/h3-10H,1-2H3,(H,19,23)(H,20,21,24)/t10-/m1/s1. The van der Waals surface area contributed by atoms with Crippen LogP contribution in [-0.4, -0.2) is 21.7 Å². The number of thiazole rings is 1. The van der Waals surface area contributed by atoms with Crippen LogP contribution in [0.1, 0.15) is 35.8 Å². The molecule has 0 fully saturated rings. The molecule has 0 saturated heterocycles. The molecule has 10 heteroatoms. The van der Waals surface area contributed by atoms with Crippen LogP contribution in [0.25, 0.3) is 11.3 Å². The monoisotopic (exact) mass is 416 g/mol. The van der Waals surface area contributed by atoms with E-state index in [9.17, 15) is 19.7 Å². The van der Waals surface area contributed by atoms with Gasteiger partial charge in [0.1, 0.15) is 0 Å². The van der Waals surface area contributed by atoms with Crippen LogP contribution in [0, 0.1) is 10.1 Å². The molecule has 0 unspecified atom stereocenters. The van der Waals surface area contributed by atoms with Crippen molar-refractivity contribution < 1.29 is 14.5 Å². The molecule has 28 heavy (non-hydrogen) atoms. The van der Waals surface area contributed by atoms with Gasteiger partial charge in [0.05, 0.1) is 22.2 Å². The molecule has 1 aromatic carbocycles. The summed E-state index contributed by atoms with van der Waals surface area (Å²) in [6.45, 7) is 3.38. The molecule has 1 atom stereocenters. The first-order valence-electron chi connectivity index (χ1n) is 8.20. The van der Waals surface area contributed by atoms with E-state index in [2.05, 4.69) is 15.6 Å². The van der Waals surface area contributed by atoms with E-state index in [4.69, 9.17) is 0 Å². The van der Waals surface area contributed by atoms with Gasteiger partial charge in [0.2, 0.25) is 5.91 Å². The van der Waals surface area contributed by atoms with Crippen molar-refractivity contribution in [1.29, 1.82) is 0 Å². The van der Waals surface area contributed by atoms with Crippen molar-refractivity contribution in [1.82, 2.24) is 10.3 Å². The number of nitrogens with zero attached hydrogens (tertiary/aromatic N) is 2. The molecule has 0 spiro atoms. The average Bonchev–Trinajstić information content (AvgIpc) is 3.31. The van der Waals surface area contributed by atoms with E-state index in [0.29, 0.717) is 10.8 Å². The quantitative estimate of drug-likeness (QED) is 0.461. The number of aromatic nitrogens is 1. The molecule has 2 heterocycles. The number of carbonyl (C=O) groups excluding carboxylic acids is 2. The molecule has 0 saturated carbocycles. The predicted molar refractivity (Wildman–Crippen MR) is 109 cm³/mol. The highest BCUT2D eigenvalue weighted by molar-refractivity contribution is 7.14. The molecule has 144 valence electrons. The summed E-state index contributed by atoms with van der Waals surface area (Å²) >= 11 is 2.17. The van der Waals surface area contributed by atoms with E-state index in [-0.39, 0.29) is 22.5 Å². The SMILES string of the molecule is CC(=O)N[C@H](C)c1ccc(-c2csc(NC(=O)c3csc([N+](=O)[O-])c3)n2)cc1. The molecule has 3 aromatic rings. The Kier molecular flexibility index (Phi) is 5.81. The Morgan fingerprint density at radius 2 is 1.89 bits per heavy atom. The van der Waals surface area contributed by atoms with Gasteiger partial charge in [0, 0.05) is 29.3 Å². The number of rotatable bonds is 6. The van der Waals surface area contributed by atoms with Gasteiger partial charge in [-0.1, -0.05) is 35.6 Å². The maximum atomic E-state index is 12.2. The summed E-state index contributed by atoms with van der Waals surface area (Å²) in [4.78, 5) is 38.0. The van der Waals surface area contributed by atoms with E-state index in [1.54, 1.807) is 0 Å².